The van der Waals surface area contributed by atoms with Gasteiger partial charge in [0.25, 0.3) is 0 Å². The van der Waals surface area contributed by atoms with Crippen LogP contribution >= 0.6 is 22.9 Å². The van der Waals surface area contributed by atoms with Crippen molar-refractivity contribution in [2.45, 2.75) is 19.8 Å². The van der Waals surface area contributed by atoms with E-state index in [1.54, 1.807) is 12.1 Å². The number of rotatable bonds is 7. The van der Waals surface area contributed by atoms with E-state index in [-0.39, 0.29) is 11.7 Å². The van der Waals surface area contributed by atoms with Crippen LogP contribution in [0.1, 0.15) is 29.4 Å². The highest BCUT2D eigenvalue weighted by atomic mass is 35.5. The molecule has 0 radical (unpaired) electrons. The number of piperazine rings is 1. The van der Waals surface area contributed by atoms with Crippen LogP contribution in [0.2, 0.25) is 5.02 Å². The van der Waals surface area contributed by atoms with Crippen molar-refractivity contribution in [3.63, 3.8) is 0 Å². The molecule has 0 unspecified atom stereocenters. The Kier molecular flexibility index (Phi) is 6.88. The lowest BCUT2D eigenvalue weighted by molar-refractivity contribution is -0.114. The third-order valence-corrected chi connectivity index (χ3v) is 5.88. The lowest BCUT2D eigenvalue weighted by Crippen LogP contribution is -2.46. The van der Waals surface area contributed by atoms with Crippen molar-refractivity contribution in [1.29, 1.82) is 0 Å². The minimum atomic E-state index is -0.118. The molecule has 2 heterocycles. The number of anilines is 2. The summed E-state index contributed by atoms with van der Waals surface area (Å²) in [5.74, 6) is 0.0296. The highest BCUT2D eigenvalue weighted by molar-refractivity contribution is 7.18. The Morgan fingerprint density at radius 3 is 2.63 bits per heavy atom. The van der Waals surface area contributed by atoms with Crippen LogP contribution < -0.4 is 10.2 Å². The number of halogens is 1. The fourth-order valence-electron chi connectivity index (χ4n) is 3.22. The smallest absolute Gasteiger partial charge is 0.221 e. The lowest BCUT2D eigenvalue weighted by atomic mass is 10.1. The molecule has 1 saturated heterocycles. The largest absolute Gasteiger partial charge is 0.369 e. The molecule has 1 fully saturated rings. The Morgan fingerprint density at radius 1 is 1.15 bits per heavy atom. The van der Waals surface area contributed by atoms with E-state index in [1.807, 2.05) is 18.2 Å². The number of carbonyl (C=O) groups is 2. The first-order valence-electron chi connectivity index (χ1n) is 9.15. The molecule has 1 aliphatic heterocycles. The summed E-state index contributed by atoms with van der Waals surface area (Å²) in [4.78, 5) is 28.8. The second kappa shape index (κ2) is 9.35. The first-order chi connectivity index (χ1) is 13.0. The number of hydrogen-bond donors (Lipinski definition) is 1. The lowest BCUT2D eigenvalue weighted by Gasteiger charge is -2.36. The zero-order valence-electron chi connectivity index (χ0n) is 15.4. The topological polar surface area (TPSA) is 52.7 Å². The van der Waals surface area contributed by atoms with Crippen LogP contribution in [0.5, 0.6) is 0 Å². The van der Waals surface area contributed by atoms with Crippen molar-refractivity contribution in [2.75, 3.05) is 42.9 Å². The number of benzene rings is 1. The van der Waals surface area contributed by atoms with E-state index in [4.69, 9.17) is 11.6 Å². The SMILES string of the molecule is CC(=O)Nc1ccc(C(=O)CCCN2CCN(c3cccc(Cl)c3)CC2)s1. The maximum absolute atomic E-state index is 12.3. The maximum atomic E-state index is 12.3. The van der Waals surface area contributed by atoms with Crippen LogP contribution in [-0.4, -0.2) is 49.3 Å². The number of carbonyl (C=O) groups excluding carboxylic acids is 2. The highest BCUT2D eigenvalue weighted by Gasteiger charge is 2.18. The summed E-state index contributed by atoms with van der Waals surface area (Å²) in [6.07, 6.45) is 1.39. The van der Waals surface area contributed by atoms with Gasteiger partial charge in [-0.25, -0.2) is 0 Å². The van der Waals surface area contributed by atoms with Gasteiger partial charge in [-0.2, -0.15) is 0 Å². The van der Waals surface area contributed by atoms with E-state index in [2.05, 4.69) is 21.2 Å². The van der Waals surface area contributed by atoms with Crippen molar-refractivity contribution in [2.24, 2.45) is 0 Å². The first-order valence-corrected chi connectivity index (χ1v) is 10.3. The second-order valence-corrected chi connectivity index (χ2v) is 8.20. The third-order valence-electron chi connectivity index (χ3n) is 4.60. The summed E-state index contributed by atoms with van der Waals surface area (Å²) in [6, 6.07) is 11.6. The standard InChI is InChI=1S/C20H24ClN3O2S/c1-15(25)22-20-8-7-19(27-20)18(26)6-3-9-23-10-12-24(13-11-23)17-5-2-4-16(21)14-17/h2,4-5,7-8,14H,3,6,9-13H2,1H3,(H,22,25). The summed E-state index contributed by atoms with van der Waals surface area (Å²) in [5, 5.41) is 4.21. The summed E-state index contributed by atoms with van der Waals surface area (Å²) >= 11 is 7.42. The van der Waals surface area contributed by atoms with Crippen molar-refractivity contribution in [1.82, 2.24) is 4.90 Å². The molecule has 0 spiro atoms. The number of nitrogens with zero attached hydrogens (tertiary/aromatic N) is 2. The molecule has 3 rings (SSSR count). The Morgan fingerprint density at radius 2 is 1.93 bits per heavy atom. The van der Waals surface area contributed by atoms with Gasteiger partial charge in [-0.3, -0.25) is 14.5 Å². The molecule has 0 aliphatic carbocycles. The molecule has 0 saturated carbocycles. The molecule has 0 atom stereocenters. The molecule has 0 bridgehead atoms. The Labute approximate surface area is 168 Å². The third kappa shape index (κ3) is 5.79. The Bertz CT molecular complexity index is 800. The summed E-state index contributed by atoms with van der Waals surface area (Å²) in [6.45, 7) is 6.32. The molecular weight excluding hydrogens is 382 g/mol. The van der Waals surface area contributed by atoms with Gasteiger partial charge in [-0.05, 0) is 43.3 Å². The van der Waals surface area contributed by atoms with E-state index < -0.39 is 0 Å². The molecule has 27 heavy (non-hydrogen) atoms. The molecule has 1 aliphatic rings. The zero-order valence-corrected chi connectivity index (χ0v) is 17.0. The van der Waals surface area contributed by atoms with Crippen LogP contribution in [-0.2, 0) is 4.79 Å². The minimum absolute atomic E-state index is 0.118. The zero-order chi connectivity index (χ0) is 19.2. The molecule has 2 aromatic rings. The summed E-state index contributed by atoms with van der Waals surface area (Å²) in [5.41, 5.74) is 1.17. The molecule has 1 amide bonds. The van der Waals surface area contributed by atoms with Gasteiger partial charge in [0.05, 0.1) is 9.88 Å². The molecule has 7 heteroatoms. The van der Waals surface area contributed by atoms with E-state index >= 15 is 0 Å². The van der Waals surface area contributed by atoms with Gasteiger partial charge in [-0.15, -0.1) is 11.3 Å². The predicted molar refractivity (Wildman–Crippen MR) is 112 cm³/mol. The van der Waals surface area contributed by atoms with Gasteiger partial charge in [-0.1, -0.05) is 17.7 Å². The van der Waals surface area contributed by atoms with Gasteiger partial charge < -0.3 is 10.2 Å². The monoisotopic (exact) mass is 405 g/mol. The van der Waals surface area contributed by atoms with Crippen LogP contribution in [0, 0.1) is 0 Å². The quantitative estimate of drug-likeness (QED) is 0.703. The normalized spacial score (nSPS) is 15.0. The fourth-order valence-corrected chi connectivity index (χ4v) is 4.32. The van der Waals surface area contributed by atoms with Gasteiger partial charge in [0, 0.05) is 50.2 Å². The van der Waals surface area contributed by atoms with Gasteiger partial charge in [0.15, 0.2) is 5.78 Å². The van der Waals surface area contributed by atoms with E-state index in [9.17, 15) is 9.59 Å². The van der Waals surface area contributed by atoms with Crippen molar-refractivity contribution in [3.8, 4) is 0 Å². The molecule has 1 aromatic carbocycles. The van der Waals surface area contributed by atoms with Crippen LogP contribution in [0.4, 0.5) is 10.7 Å². The number of thiophene rings is 1. The Hall–Kier alpha value is -1.89. The van der Waals surface area contributed by atoms with Crippen molar-refractivity contribution in [3.05, 3.63) is 46.3 Å². The number of nitrogens with one attached hydrogen (secondary N) is 1. The number of Topliss-reactive ketones (excluding diaryl/α,β-unsaturated/α-hetero) is 1. The average Bonchev–Trinajstić information content (AvgIpc) is 3.10. The van der Waals surface area contributed by atoms with Gasteiger partial charge >= 0.3 is 0 Å². The molecule has 1 N–H and O–H groups in total. The minimum Gasteiger partial charge on any atom is -0.369 e. The summed E-state index contributed by atoms with van der Waals surface area (Å²) < 4.78 is 0. The van der Waals surface area contributed by atoms with Crippen LogP contribution in [0.25, 0.3) is 0 Å². The van der Waals surface area contributed by atoms with Crippen LogP contribution in [0.3, 0.4) is 0 Å². The highest BCUT2D eigenvalue weighted by Crippen LogP contribution is 2.24. The van der Waals surface area contributed by atoms with E-state index in [0.29, 0.717) is 11.3 Å². The Balaban J connectivity index is 1.39. The van der Waals surface area contributed by atoms with E-state index in [1.165, 1.54) is 23.9 Å². The van der Waals surface area contributed by atoms with Crippen molar-refractivity contribution < 1.29 is 9.59 Å². The number of ketones is 1. The van der Waals surface area contributed by atoms with Crippen LogP contribution in [0.15, 0.2) is 36.4 Å². The summed E-state index contributed by atoms with van der Waals surface area (Å²) in [7, 11) is 0. The molecule has 144 valence electrons. The average molecular weight is 406 g/mol. The second-order valence-electron chi connectivity index (χ2n) is 6.68. The maximum Gasteiger partial charge on any atom is 0.221 e. The fraction of sp³-hybridized carbons (Fsp3) is 0.400. The van der Waals surface area contributed by atoms with Gasteiger partial charge in [0.2, 0.25) is 5.91 Å². The van der Waals surface area contributed by atoms with E-state index in [0.717, 1.165) is 49.2 Å². The van der Waals surface area contributed by atoms with Crippen molar-refractivity contribution >= 4 is 45.3 Å². The number of hydrogen-bond acceptors (Lipinski definition) is 5. The first kappa shape index (κ1) is 19.9. The molecular formula is C20H24ClN3O2S. The number of amides is 1. The molecule has 1 aromatic heterocycles. The molecule has 5 nitrogen and oxygen atoms in total. The predicted octanol–water partition coefficient (Wildman–Crippen LogP) is 4.15. The van der Waals surface area contributed by atoms with Gasteiger partial charge in [0.1, 0.15) is 0 Å².